The quantitative estimate of drug-likeness (QED) is 0.190. The minimum absolute atomic E-state index is 0.00420. The van der Waals surface area contributed by atoms with E-state index in [0.717, 1.165) is 30.6 Å². The Kier molecular flexibility index (Phi) is 11.8. The smallest absolute Gasteiger partial charge is 0.407 e. The van der Waals surface area contributed by atoms with Crippen LogP contribution < -0.4 is 10.2 Å². The number of nitrogens with one attached hydrogen (secondary N) is 1. The van der Waals surface area contributed by atoms with Crippen LogP contribution >= 0.6 is 0 Å². The molecule has 1 aromatic rings. The van der Waals surface area contributed by atoms with Crippen molar-refractivity contribution in [3.05, 3.63) is 46.7 Å². The molecule has 0 radical (unpaired) electrons. The fraction of sp³-hybridized carbons (Fsp3) is 0.516. The van der Waals surface area contributed by atoms with Crippen LogP contribution in [0.1, 0.15) is 66.4 Å². The van der Waals surface area contributed by atoms with Crippen LogP contribution in [0.2, 0.25) is 0 Å². The van der Waals surface area contributed by atoms with Gasteiger partial charge in [0.05, 0.1) is 18.5 Å². The van der Waals surface area contributed by atoms with Crippen LogP contribution in [0.15, 0.2) is 41.2 Å². The van der Waals surface area contributed by atoms with E-state index in [4.69, 9.17) is 14.2 Å². The van der Waals surface area contributed by atoms with Crippen LogP contribution in [0.5, 0.6) is 0 Å². The van der Waals surface area contributed by atoms with Crippen molar-refractivity contribution in [2.75, 3.05) is 37.7 Å². The number of esters is 1. The number of nitriles is 3. The Hall–Kier alpha value is -4.49. The molecule has 0 saturated carbocycles. The monoisotopic (exact) mass is 561 g/mol. The van der Waals surface area contributed by atoms with Gasteiger partial charge in [-0.15, -0.1) is 0 Å². The number of nitrogens with zero attached hydrogens (tertiary/aromatic N) is 4. The van der Waals surface area contributed by atoms with Gasteiger partial charge in [-0.3, -0.25) is 4.79 Å². The summed E-state index contributed by atoms with van der Waals surface area (Å²) < 4.78 is 16.4. The number of hydrogen-bond acceptors (Lipinski definition) is 9. The van der Waals surface area contributed by atoms with E-state index in [-0.39, 0.29) is 42.6 Å². The predicted octanol–water partition coefficient (Wildman–Crippen LogP) is 5.39. The van der Waals surface area contributed by atoms with E-state index in [1.54, 1.807) is 26.0 Å². The summed E-state index contributed by atoms with van der Waals surface area (Å²) in [5, 5.41) is 31.1. The number of rotatable bonds is 13. The maximum absolute atomic E-state index is 12.1. The number of ether oxygens (including phenoxy) is 3. The molecule has 1 N–H and O–H groups in total. The van der Waals surface area contributed by atoms with Crippen molar-refractivity contribution in [1.82, 2.24) is 5.32 Å². The zero-order valence-electron chi connectivity index (χ0n) is 24.8. The third kappa shape index (κ3) is 8.50. The highest BCUT2D eigenvalue weighted by Crippen LogP contribution is 2.45. The second-order valence-corrected chi connectivity index (χ2v) is 10.7. The first-order chi connectivity index (χ1) is 19.4. The van der Waals surface area contributed by atoms with Gasteiger partial charge in [-0.1, -0.05) is 32.4 Å². The van der Waals surface area contributed by atoms with Gasteiger partial charge in [0.2, 0.25) is 0 Å². The molecule has 1 aliphatic heterocycles. The number of carbonyl (C=O) groups is 2. The summed E-state index contributed by atoms with van der Waals surface area (Å²) in [6.45, 7) is 12.8. The second-order valence-electron chi connectivity index (χ2n) is 10.7. The van der Waals surface area contributed by atoms with Crippen LogP contribution in [0.3, 0.4) is 0 Å². The Balaban J connectivity index is 2.06. The molecule has 1 aliphatic rings. The summed E-state index contributed by atoms with van der Waals surface area (Å²) in [5.41, 5.74) is 0.731. The minimum Gasteiger partial charge on any atom is -0.480 e. The summed E-state index contributed by atoms with van der Waals surface area (Å²) in [5.74, 6) is -0.299. The molecule has 41 heavy (non-hydrogen) atoms. The van der Waals surface area contributed by atoms with Crippen molar-refractivity contribution >= 4 is 23.3 Å². The van der Waals surface area contributed by atoms with Gasteiger partial charge < -0.3 is 24.4 Å². The van der Waals surface area contributed by atoms with Crippen molar-refractivity contribution in [2.45, 2.75) is 66.4 Å². The molecule has 2 rings (SSSR count). The molecular weight excluding hydrogens is 522 g/mol. The number of benzene rings is 1. The standard InChI is InChI=1S/C31H39N5O5/c1-7-9-15-36(16-18-40-29(38)35-14-17-39-28(37)30(3,4)8-2)24-12-10-22(11-13-24)26-25(21-34)27(23(19-32)20-33)41-31(26,5)6/h10-13H,7-9,14-18H2,1-6H3,(H,35,38). The van der Waals surface area contributed by atoms with Crippen molar-refractivity contribution in [3.63, 3.8) is 0 Å². The maximum atomic E-state index is 12.1. The number of carbonyl (C=O) groups excluding carboxylic acids is 2. The van der Waals surface area contributed by atoms with E-state index in [9.17, 15) is 25.4 Å². The van der Waals surface area contributed by atoms with Gasteiger partial charge >= 0.3 is 12.1 Å². The normalized spacial score (nSPS) is 13.8. The van der Waals surface area contributed by atoms with E-state index in [0.29, 0.717) is 18.5 Å². The lowest BCUT2D eigenvalue weighted by molar-refractivity contribution is -0.153. The molecule has 1 aromatic carbocycles. The molecule has 1 amide bonds. The fourth-order valence-corrected chi connectivity index (χ4v) is 4.17. The Labute approximate surface area is 242 Å². The lowest BCUT2D eigenvalue weighted by Crippen LogP contribution is -2.34. The van der Waals surface area contributed by atoms with E-state index < -0.39 is 17.1 Å². The average Bonchev–Trinajstić information content (AvgIpc) is 3.23. The molecule has 1 heterocycles. The summed E-state index contributed by atoms with van der Waals surface area (Å²) in [4.78, 5) is 26.2. The number of unbranched alkanes of at least 4 members (excludes halogenated alkanes) is 1. The number of anilines is 1. The van der Waals surface area contributed by atoms with E-state index in [1.807, 2.05) is 45.0 Å². The first-order valence-corrected chi connectivity index (χ1v) is 13.8. The van der Waals surface area contributed by atoms with Gasteiger partial charge in [-0.2, -0.15) is 15.8 Å². The minimum atomic E-state index is -0.908. The largest absolute Gasteiger partial charge is 0.480 e. The fourth-order valence-electron chi connectivity index (χ4n) is 4.17. The molecule has 0 aliphatic carbocycles. The second kappa shape index (κ2) is 14.8. The molecular formula is C31H39N5O5. The van der Waals surface area contributed by atoms with Gasteiger partial charge in [0.25, 0.3) is 0 Å². The number of amides is 1. The third-order valence-electron chi connectivity index (χ3n) is 6.94. The predicted molar refractivity (Wildman–Crippen MR) is 154 cm³/mol. The van der Waals surface area contributed by atoms with E-state index in [1.165, 1.54) is 0 Å². The highest BCUT2D eigenvalue weighted by molar-refractivity contribution is 5.84. The molecule has 0 bridgehead atoms. The van der Waals surface area contributed by atoms with Crippen LogP contribution in [-0.2, 0) is 19.0 Å². The van der Waals surface area contributed by atoms with Crippen LogP contribution in [0.4, 0.5) is 10.5 Å². The average molecular weight is 562 g/mol. The summed E-state index contributed by atoms with van der Waals surface area (Å²) in [7, 11) is 0. The Morgan fingerprint density at radius 3 is 2.24 bits per heavy atom. The SMILES string of the molecule is CCCCN(CCOC(=O)NCCOC(=O)C(C)(C)CC)c1ccc(C2=C(C#N)C(=C(C#N)C#N)OC2(C)C)cc1. The molecule has 0 saturated heterocycles. The summed E-state index contributed by atoms with van der Waals surface area (Å²) in [6.07, 6.45) is 2.01. The summed E-state index contributed by atoms with van der Waals surface area (Å²) >= 11 is 0. The van der Waals surface area contributed by atoms with Gasteiger partial charge in [0.1, 0.15) is 42.6 Å². The zero-order valence-corrected chi connectivity index (χ0v) is 24.8. The third-order valence-corrected chi connectivity index (χ3v) is 6.94. The van der Waals surface area contributed by atoms with Crippen molar-refractivity contribution in [3.8, 4) is 18.2 Å². The van der Waals surface area contributed by atoms with Crippen molar-refractivity contribution < 1.29 is 23.8 Å². The van der Waals surface area contributed by atoms with Crippen LogP contribution in [-0.4, -0.2) is 50.5 Å². The van der Waals surface area contributed by atoms with Crippen LogP contribution in [0, 0.1) is 39.4 Å². The van der Waals surface area contributed by atoms with Crippen LogP contribution in [0.25, 0.3) is 5.57 Å². The Morgan fingerprint density at radius 1 is 1.02 bits per heavy atom. The Bertz CT molecular complexity index is 1270. The maximum Gasteiger partial charge on any atom is 0.407 e. The lowest BCUT2D eigenvalue weighted by Gasteiger charge is -2.26. The first kappa shape index (κ1) is 32.7. The van der Waals surface area contributed by atoms with Crippen molar-refractivity contribution in [2.24, 2.45) is 5.41 Å². The Morgan fingerprint density at radius 2 is 1.68 bits per heavy atom. The van der Waals surface area contributed by atoms with E-state index in [2.05, 4.69) is 23.2 Å². The molecule has 0 fully saturated rings. The summed E-state index contributed by atoms with van der Waals surface area (Å²) in [6, 6.07) is 13.3. The zero-order chi connectivity index (χ0) is 30.6. The number of alkyl carbamates (subject to hydrolysis) is 1. The number of hydrogen-bond donors (Lipinski definition) is 1. The highest BCUT2D eigenvalue weighted by Gasteiger charge is 2.40. The molecule has 0 unspecified atom stereocenters. The van der Waals surface area contributed by atoms with Crippen molar-refractivity contribution in [1.29, 1.82) is 15.8 Å². The highest BCUT2D eigenvalue weighted by atomic mass is 16.6. The first-order valence-electron chi connectivity index (χ1n) is 13.8. The molecule has 0 aromatic heterocycles. The molecule has 10 nitrogen and oxygen atoms in total. The topological polar surface area (TPSA) is 148 Å². The van der Waals surface area contributed by atoms with Gasteiger partial charge in [-0.25, -0.2) is 4.79 Å². The van der Waals surface area contributed by atoms with Gasteiger partial charge in [0.15, 0.2) is 11.3 Å². The van der Waals surface area contributed by atoms with Gasteiger partial charge in [0, 0.05) is 17.8 Å². The molecule has 0 spiro atoms. The molecule has 218 valence electrons. The number of allylic oxidation sites excluding steroid dienone is 2. The molecule has 10 heteroatoms. The lowest BCUT2D eigenvalue weighted by atomic mass is 9.89. The van der Waals surface area contributed by atoms with E-state index >= 15 is 0 Å². The van der Waals surface area contributed by atoms with Gasteiger partial charge in [-0.05, 0) is 58.2 Å². The molecule has 0 atom stereocenters.